The van der Waals surface area contributed by atoms with E-state index in [1.807, 2.05) is 13.1 Å². The minimum Gasteiger partial charge on any atom is -0.371 e. The second-order valence-corrected chi connectivity index (χ2v) is 4.83. The molecule has 4 heteroatoms. The largest absolute Gasteiger partial charge is 0.371 e. The van der Waals surface area contributed by atoms with E-state index in [9.17, 15) is 0 Å². The highest BCUT2D eigenvalue weighted by Crippen LogP contribution is 2.27. The average molecular weight is 249 g/mol. The van der Waals surface area contributed by atoms with E-state index in [1.165, 1.54) is 12.8 Å². The number of fused-ring (bicyclic) bond motifs is 1. The molecule has 1 aliphatic rings. The van der Waals surface area contributed by atoms with Gasteiger partial charge in [0, 0.05) is 30.1 Å². The van der Waals surface area contributed by atoms with Crippen molar-refractivity contribution >= 4 is 0 Å². The van der Waals surface area contributed by atoms with Crippen molar-refractivity contribution in [3.05, 3.63) is 23.3 Å². The molecule has 0 saturated heterocycles. The number of aryl methyl sites for hydroxylation is 1. The Balaban J connectivity index is 2.27. The molecule has 0 fully saturated rings. The van der Waals surface area contributed by atoms with Crippen LogP contribution in [0.5, 0.6) is 0 Å². The number of nitrogens with zero attached hydrogens (tertiary/aromatic N) is 2. The first-order valence-electron chi connectivity index (χ1n) is 6.99. The lowest BCUT2D eigenvalue weighted by molar-refractivity contribution is 0.0532. The first-order valence-corrected chi connectivity index (χ1v) is 6.99. The molecule has 0 saturated carbocycles. The maximum Gasteiger partial charge on any atom is 0.157 e. The van der Waals surface area contributed by atoms with Gasteiger partial charge in [-0.05, 0) is 32.6 Å². The minimum absolute atomic E-state index is 0.0137. The standard InChI is InChI=1S/C14H23N3O/c1-3-13(18-4-2)14-16-9-10-11(15)7-5-6-8-12(10)17-14/h9,11,13H,3-8,15H2,1-2H3. The van der Waals surface area contributed by atoms with Crippen molar-refractivity contribution in [3.8, 4) is 0 Å². The summed E-state index contributed by atoms with van der Waals surface area (Å²) in [5.41, 5.74) is 8.41. The Hall–Kier alpha value is -1.00. The monoisotopic (exact) mass is 249 g/mol. The molecule has 0 aromatic carbocycles. The Morgan fingerprint density at radius 2 is 2.28 bits per heavy atom. The van der Waals surface area contributed by atoms with Crippen LogP contribution in [0.2, 0.25) is 0 Å². The van der Waals surface area contributed by atoms with Crippen LogP contribution in [-0.2, 0) is 11.2 Å². The molecule has 0 bridgehead atoms. The van der Waals surface area contributed by atoms with Gasteiger partial charge in [-0.2, -0.15) is 0 Å². The van der Waals surface area contributed by atoms with Crippen LogP contribution in [0.4, 0.5) is 0 Å². The van der Waals surface area contributed by atoms with Crippen LogP contribution < -0.4 is 5.73 Å². The summed E-state index contributed by atoms with van der Waals surface area (Å²) in [4.78, 5) is 9.16. The van der Waals surface area contributed by atoms with Gasteiger partial charge < -0.3 is 10.5 Å². The Labute approximate surface area is 109 Å². The quantitative estimate of drug-likeness (QED) is 0.833. The third-order valence-electron chi connectivity index (χ3n) is 3.52. The summed E-state index contributed by atoms with van der Waals surface area (Å²) in [5, 5.41) is 0. The Morgan fingerprint density at radius 1 is 1.44 bits per heavy atom. The topological polar surface area (TPSA) is 61.0 Å². The van der Waals surface area contributed by atoms with E-state index in [0.717, 1.165) is 36.3 Å². The predicted octanol–water partition coefficient (Wildman–Crippen LogP) is 2.69. The molecule has 4 nitrogen and oxygen atoms in total. The minimum atomic E-state index is 0.0137. The summed E-state index contributed by atoms with van der Waals surface area (Å²) in [6.45, 7) is 4.79. The molecule has 0 spiro atoms. The van der Waals surface area contributed by atoms with E-state index in [2.05, 4.69) is 11.9 Å². The maximum absolute atomic E-state index is 6.15. The van der Waals surface area contributed by atoms with Crippen LogP contribution in [0.15, 0.2) is 6.20 Å². The summed E-state index contributed by atoms with van der Waals surface area (Å²) in [6.07, 6.45) is 7.23. The second-order valence-electron chi connectivity index (χ2n) is 4.83. The highest BCUT2D eigenvalue weighted by Gasteiger charge is 2.20. The summed E-state index contributed by atoms with van der Waals surface area (Å²) in [5.74, 6) is 0.812. The fourth-order valence-electron chi connectivity index (χ4n) is 2.50. The summed E-state index contributed by atoms with van der Waals surface area (Å²) in [6, 6.07) is 0.101. The number of nitrogens with two attached hydrogens (primary N) is 1. The third kappa shape index (κ3) is 2.87. The third-order valence-corrected chi connectivity index (χ3v) is 3.52. The van der Waals surface area contributed by atoms with Gasteiger partial charge in [0.1, 0.15) is 6.10 Å². The van der Waals surface area contributed by atoms with Crippen molar-refractivity contribution in [2.45, 2.75) is 58.1 Å². The molecule has 100 valence electrons. The van der Waals surface area contributed by atoms with Gasteiger partial charge >= 0.3 is 0 Å². The summed E-state index contributed by atoms with van der Waals surface area (Å²) < 4.78 is 5.67. The number of rotatable bonds is 4. The molecule has 2 atom stereocenters. The zero-order chi connectivity index (χ0) is 13.0. The van der Waals surface area contributed by atoms with Crippen molar-refractivity contribution < 1.29 is 4.74 Å². The second kappa shape index (κ2) is 6.25. The van der Waals surface area contributed by atoms with Gasteiger partial charge in [0.2, 0.25) is 0 Å². The van der Waals surface area contributed by atoms with E-state index in [4.69, 9.17) is 15.5 Å². The van der Waals surface area contributed by atoms with Crippen LogP contribution in [0.25, 0.3) is 0 Å². The number of aromatic nitrogens is 2. The highest BCUT2D eigenvalue weighted by molar-refractivity contribution is 5.23. The number of hydrogen-bond acceptors (Lipinski definition) is 4. The van der Waals surface area contributed by atoms with Crippen molar-refractivity contribution in [1.29, 1.82) is 0 Å². The van der Waals surface area contributed by atoms with E-state index in [1.54, 1.807) is 0 Å². The molecule has 1 aromatic rings. The highest BCUT2D eigenvalue weighted by atomic mass is 16.5. The first-order chi connectivity index (χ1) is 8.76. The number of hydrogen-bond donors (Lipinski definition) is 1. The van der Waals surface area contributed by atoms with E-state index >= 15 is 0 Å². The molecule has 18 heavy (non-hydrogen) atoms. The van der Waals surface area contributed by atoms with E-state index in [0.29, 0.717) is 6.61 Å². The van der Waals surface area contributed by atoms with Gasteiger partial charge in [0.05, 0.1) is 0 Å². The van der Waals surface area contributed by atoms with Crippen molar-refractivity contribution in [3.63, 3.8) is 0 Å². The molecule has 2 N–H and O–H groups in total. The SMILES string of the molecule is CCOC(CC)c1ncc2c(n1)CCCCC2N. The lowest BCUT2D eigenvalue weighted by Gasteiger charge is -2.17. The van der Waals surface area contributed by atoms with Crippen molar-refractivity contribution in [2.75, 3.05) is 6.61 Å². The lowest BCUT2D eigenvalue weighted by Crippen LogP contribution is -2.15. The van der Waals surface area contributed by atoms with Crippen LogP contribution >= 0.6 is 0 Å². The van der Waals surface area contributed by atoms with Gasteiger partial charge in [-0.3, -0.25) is 0 Å². The molecule has 1 aliphatic carbocycles. The molecule has 0 radical (unpaired) electrons. The van der Waals surface area contributed by atoms with Gasteiger partial charge in [-0.25, -0.2) is 9.97 Å². The van der Waals surface area contributed by atoms with Crippen molar-refractivity contribution in [2.24, 2.45) is 5.73 Å². The number of ether oxygens (including phenoxy) is 1. The molecular formula is C14H23N3O. The fraction of sp³-hybridized carbons (Fsp3) is 0.714. The van der Waals surface area contributed by atoms with E-state index in [-0.39, 0.29) is 12.1 Å². The molecule has 1 heterocycles. The Bertz CT molecular complexity index is 395. The zero-order valence-corrected chi connectivity index (χ0v) is 11.4. The summed E-state index contributed by atoms with van der Waals surface area (Å²) in [7, 11) is 0. The average Bonchev–Trinajstić information content (AvgIpc) is 2.58. The molecule has 2 rings (SSSR count). The molecule has 0 amide bonds. The van der Waals surface area contributed by atoms with E-state index < -0.39 is 0 Å². The molecule has 0 aliphatic heterocycles. The first kappa shape index (κ1) is 13.4. The van der Waals surface area contributed by atoms with Crippen LogP contribution in [0.1, 0.15) is 68.8 Å². The smallest absolute Gasteiger partial charge is 0.157 e. The van der Waals surface area contributed by atoms with Gasteiger partial charge in [-0.15, -0.1) is 0 Å². The van der Waals surface area contributed by atoms with Crippen LogP contribution in [-0.4, -0.2) is 16.6 Å². The lowest BCUT2D eigenvalue weighted by atomic mass is 10.1. The maximum atomic E-state index is 6.15. The molecule has 2 unspecified atom stereocenters. The van der Waals surface area contributed by atoms with Gasteiger partial charge in [-0.1, -0.05) is 13.3 Å². The summed E-state index contributed by atoms with van der Waals surface area (Å²) >= 11 is 0. The van der Waals surface area contributed by atoms with Gasteiger partial charge in [0.15, 0.2) is 5.82 Å². The van der Waals surface area contributed by atoms with Crippen molar-refractivity contribution in [1.82, 2.24) is 9.97 Å². The van der Waals surface area contributed by atoms with Gasteiger partial charge in [0.25, 0.3) is 0 Å². The predicted molar refractivity (Wildman–Crippen MR) is 71.2 cm³/mol. The Morgan fingerprint density at radius 3 is 3.00 bits per heavy atom. The molecule has 1 aromatic heterocycles. The normalized spacial score (nSPS) is 21.2. The fourth-order valence-corrected chi connectivity index (χ4v) is 2.50. The Kier molecular flexibility index (Phi) is 4.66. The van der Waals surface area contributed by atoms with Crippen LogP contribution in [0, 0.1) is 0 Å². The van der Waals surface area contributed by atoms with Crippen LogP contribution in [0.3, 0.4) is 0 Å². The zero-order valence-electron chi connectivity index (χ0n) is 11.4. The molecular weight excluding hydrogens is 226 g/mol.